The third-order valence-electron chi connectivity index (χ3n) is 6.08. The van der Waals surface area contributed by atoms with E-state index in [2.05, 4.69) is 11.4 Å². The molecule has 1 aromatic heterocycles. The summed E-state index contributed by atoms with van der Waals surface area (Å²) in [6, 6.07) is 13.7. The average Bonchev–Trinajstić information content (AvgIpc) is 2.71. The van der Waals surface area contributed by atoms with Crippen molar-refractivity contribution in [2.24, 2.45) is 5.92 Å². The highest BCUT2D eigenvalue weighted by Crippen LogP contribution is 2.42. The standard InChI is InChI=1S/C23H29N3O3/c1-15(2)24-23(28)25-13-17-12-18(14-25)21(26-20(17)8-5-9-22(26)27)11-16-6-4-7-19(10-16)29-3/h4-10,15,17-18,21H,11-14H2,1-3H3,(H,24,28)/t17-,18+,21+/m1/s1. The summed E-state index contributed by atoms with van der Waals surface area (Å²) in [6.45, 7) is 5.28. The molecule has 2 aromatic rings. The molecule has 2 amide bonds. The highest BCUT2D eigenvalue weighted by atomic mass is 16.5. The van der Waals surface area contributed by atoms with Gasteiger partial charge in [-0.15, -0.1) is 0 Å². The predicted octanol–water partition coefficient (Wildman–Crippen LogP) is 3.18. The third-order valence-corrected chi connectivity index (χ3v) is 6.08. The number of piperidine rings is 1. The van der Waals surface area contributed by atoms with Crippen LogP contribution in [0.15, 0.2) is 47.3 Å². The van der Waals surface area contributed by atoms with Crippen molar-refractivity contribution in [2.75, 3.05) is 20.2 Å². The highest BCUT2D eigenvalue weighted by Gasteiger charge is 2.41. The smallest absolute Gasteiger partial charge is 0.317 e. The maximum absolute atomic E-state index is 12.8. The van der Waals surface area contributed by atoms with Crippen LogP contribution in [0.4, 0.5) is 4.79 Å². The first-order valence-corrected chi connectivity index (χ1v) is 10.4. The molecule has 0 unspecified atom stereocenters. The van der Waals surface area contributed by atoms with Gasteiger partial charge in [0, 0.05) is 42.9 Å². The van der Waals surface area contributed by atoms with E-state index in [9.17, 15) is 9.59 Å². The van der Waals surface area contributed by atoms with Gasteiger partial charge in [0.25, 0.3) is 5.56 Å². The molecule has 29 heavy (non-hydrogen) atoms. The molecule has 0 aliphatic carbocycles. The zero-order valence-corrected chi connectivity index (χ0v) is 17.3. The van der Waals surface area contributed by atoms with Crippen LogP contribution in [0.2, 0.25) is 0 Å². The Balaban J connectivity index is 1.69. The minimum Gasteiger partial charge on any atom is -0.497 e. The number of nitrogens with zero attached hydrogens (tertiary/aromatic N) is 2. The fourth-order valence-corrected chi connectivity index (χ4v) is 4.85. The number of likely N-dealkylation sites (tertiary alicyclic amines) is 1. The van der Waals surface area contributed by atoms with Crippen LogP contribution in [-0.2, 0) is 6.42 Å². The van der Waals surface area contributed by atoms with E-state index in [1.165, 1.54) is 0 Å². The Labute approximate surface area is 171 Å². The van der Waals surface area contributed by atoms with Crippen LogP contribution in [0.25, 0.3) is 0 Å². The molecule has 1 N–H and O–H groups in total. The molecule has 3 atom stereocenters. The Hall–Kier alpha value is -2.76. The fourth-order valence-electron chi connectivity index (χ4n) is 4.85. The maximum Gasteiger partial charge on any atom is 0.317 e. The van der Waals surface area contributed by atoms with Gasteiger partial charge in [0.2, 0.25) is 0 Å². The monoisotopic (exact) mass is 395 g/mol. The van der Waals surface area contributed by atoms with E-state index in [4.69, 9.17) is 4.74 Å². The number of pyridine rings is 1. The van der Waals surface area contributed by atoms with Crippen molar-refractivity contribution in [2.45, 2.75) is 44.7 Å². The number of hydrogen-bond acceptors (Lipinski definition) is 3. The maximum atomic E-state index is 12.8. The number of amides is 2. The van der Waals surface area contributed by atoms with Crippen LogP contribution in [0.3, 0.4) is 0 Å². The molecule has 154 valence electrons. The molecule has 2 aliphatic heterocycles. The van der Waals surface area contributed by atoms with Crippen LogP contribution in [-0.4, -0.2) is 41.7 Å². The number of hydrogen-bond donors (Lipinski definition) is 1. The third kappa shape index (κ3) is 3.88. The number of aromatic nitrogens is 1. The van der Waals surface area contributed by atoms with Crippen LogP contribution in [0, 0.1) is 5.92 Å². The topological polar surface area (TPSA) is 63.6 Å². The summed E-state index contributed by atoms with van der Waals surface area (Å²) in [6.07, 6.45) is 1.74. The molecular weight excluding hydrogens is 366 g/mol. The van der Waals surface area contributed by atoms with Crippen molar-refractivity contribution in [1.82, 2.24) is 14.8 Å². The molecule has 6 heteroatoms. The van der Waals surface area contributed by atoms with Crippen LogP contribution < -0.4 is 15.6 Å². The number of carbonyl (C=O) groups excluding carboxylic acids is 1. The molecule has 3 heterocycles. The lowest BCUT2D eigenvalue weighted by Gasteiger charge is -2.47. The van der Waals surface area contributed by atoms with Gasteiger partial charge in [-0.25, -0.2) is 4.79 Å². The first-order chi connectivity index (χ1) is 14.0. The van der Waals surface area contributed by atoms with E-state index < -0.39 is 0 Å². The van der Waals surface area contributed by atoms with Crippen molar-refractivity contribution in [3.05, 3.63) is 64.1 Å². The molecule has 1 aromatic carbocycles. The lowest BCUT2D eigenvalue weighted by molar-refractivity contribution is 0.104. The second kappa shape index (κ2) is 7.93. The zero-order valence-electron chi connectivity index (χ0n) is 17.3. The Bertz CT molecular complexity index is 952. The number of nitrogens with one attached hydrogen (secondary N) is 1. The van der Waals surface area contributed by atoms with E-state index in [0.717, 1.165) is 29.8 Å². The van der Waals surface area contributed by atoms with Gasteiger partial charge in [0.15, 0.2) is 0 Å². The summed E-state index contributed by atoms with van der Waals surface area (Å²) in [5.74, 6) is 1.26. The van der Waals surface area contributed by atoms with Gasteiger partial charge in [-0.2, -0.15) is 0 Å². The van der Waals surface area contributed by atoms with Crippen LogP contribution >= 0.6 is 0 Å². The molecule has 2 bridgehead atoms. The lowest BCUT2D eigenvalue weighted by Crippen LogP contribution is -2.54. The van der Waals surface area contributed by atoms with Gasteiger partial charge in [0.1, 0.15) is 5.75 Å². The Morgan fingerprint density at radius 2 is 2.00 bits per heavy atom. The number of ether oxygens (including phenoxy) is 1. The van der Waals surface area contributed by atoms with Gasteiger partial charge in [0.05, 0.1) is 7.11 Å². The van der Waals surface area contributed by atoms with Crippen molar-refractivity contribution >= 4 is 6.03 Å². The number of carbonyl (C=O) groups is 1. The second-order valence-corrected chi connectivity index (χ2v) is 8.48. The summed E-state index contributed by atoms with van der Waals surface area (Å²) < 4.78 is 7.36. The zero-order chi connectivity index (χ0) is 20.5. The Kier molecular flexibility index (Phi) is 5.35. The van der Waals surface area contributed by atoms with Gasteiger partial charge in [-0.05, 0) is 56.4 Å². The first kappa shape index (κ1) is 19.6. The van der Waals surface area contributed by atoms with Crippen molar-refractivity contribution < 1.29 is 9.53 Å². The number of methoxy groups -OCH3 is 1. The molecule has 1 saturated heterocycles. The van der Waals surface area contributed by atoms with Gasteiger partial charge in [-0.3, -0.25) is 4.79 Å². The Morgan fingerprint density at radius 1 is 1.21 bits per heavy atom. The molecule has 4 rings (SSSR count). The first-order valence-electron chi connectivity index (χ1n) is 10.4. The highest BCUT2D eigenvalue weighted by molar-refractivity contribution is 5.74. The summed E-state index contributed by atoms with van der Waals surface area (Å²) in [5, 5.41) is 3.02. The quantitative estimate of drug-likeness (QED) is 0.865. The van der Waals surface area contributed by atoms with E-state index >= 15 is 0 Å². The SMILES string of the molecule is COc1cccc(C[C@H]2[C@H]3C[C@H](CN(C(=O)NC(C)C)C3)c3cccc(=O)n32)c1. The molecule has 0 spiro atoms. The van der Waals surface area contributed by atoms with E-state index in [0.29, 0.717) is 13.1 Å². The van der Waals surface area contributed by atoms with Gasteiger partial charge in [-0.1, -0.05) is 18.2 Å². The lowest BCUT2D eigenvalue weighted by atomic mass is 9.76. The molecule has 1 fully saturated rings. The van der Waals surface area contributed by atoms with Crippen LogP contribution in [0.5, 0.6) is 5.75 Å². The normalized spacial score (nSPS) is 22.9. The van der Waals surface area contributed by atoms with Crippen LogP contribution in [0.1, 0.15) is 43.5 Å². The summed E-state index contributed by atoms with van der Waals surface area (Å²) in [5.41, 5.74) is 2.23. The van der Waals surface area contributed by atoms with Crippen molar-refractivity contribution in [1.29, 1.82) is 0 Å². The number of rotatable bonds is 4. The van der Waals surface area contributed by atoms with E-state index in [1.54, 1.807) is 13.2 Å². The minimum atomic E-state index is -0.0124. The van der Waals surface area contributed by atoms with Gasteiger partial charge >= 0.3 is 6.03 Å². The average molecular weight is 396 g/mol. The summed E-state index contributed by atoms with van der Waals surface area (Å²) in [4.78, 5) is 27.5. The van der Waals surface area contributed by atoms with E-state index in [1.807, 2.05) is 53.6 Å². The predicted molar refractivity (Wildman–Crippen MR) is 113 cm³/mol. The molecule has 6 nitrogen and oxygen atoms in total. The summed E-state index contributed by atoms with van der Waals surface area (Å²) in [7, 11) is 1.66. The number of urea groups is 1. The van der Waals surface area contributed by atoms with Gasteiger partial charge < -0.3 is 19.5 Å². The summed E-state index contributed by atoms with van der Waals surface area (Å²) >= 11 is 0. The number of benzene rings is 1. The Morgan fingerprint density at radius 3 is 2.76 bits per heavy atom. The molecule has 2 aliphatic rings. The second-order valence-electron chi connectivity index (χ2n) is 8.48. The number of fused-ring (bicyclic) bond motifs is 4. The van der Waals surface area contributed by atoms with E-state index in [-0.39, 0.29) is 35.5 Å². The molecule has 0 saturated carbocycles. The largest absolute Gasteiger partial charge is 0.497 e. The molecular formula is C23H29N3O3. The minimum absolute atomic E-state index is 0.0124. The molecule has 0 radical (unpaired) electrons. The fraction of sp³-hybridized carbons (Fsp3) is 0.478. The van der Waals surface area contributed by atoms with Crippen molar-refractivity contribution in [3.63, 3.8) is 0 Å². The van der Waals surface area contributed by atoms with Crippen molar-refractivity contribution in [3.8, 4) is 5.75 Å².